The molecule has 2 saturated carbocycles. The van der Waals surface area contributed by atoms with Crippen LogP contribution in [-0.4, -0.2) is 18.4 Å². The topological polar surface area (TPSA) is 66.4 Å². The van der Waals surface area contributed by atoms with E-state index < -0.39 is 11.7 Å². The van der Waals surface area contributed by atoms with Gasteiger partial charge in [-0.15, -0.1) is 0 Å². The van der Waals surface area contributed by atoms with Crippen molar-refractivity contribution in [3.63, 3.8) is 0 Å². The van der Waals surface area contributed by atoms with Gasteiger partial charge in [0.25, 0.3) is 0 Å². The maximum Gasteiger partial charge on any atom is 1.00 e. The van der Waals surface area contributed by atoms with Crippen molar-refractivity contribution in [1.82, 2.24) is 0 Å². The monoisotopic (exact) mass is 234 g/mol. The van der Waals surface area contributed by atoms with E-state index in [1.807, 2.05) is 0 Å². The van der Waals surface area contributed by atoms with Crippen LogP contribution in [0.1, 0.15) is 19.8 Å². The first-order valence-corrected chi connectivity index (χ1v) is 4.76. The van der Waals surface area contributed by atoms with Gasteiger partial charge in [0, 0.05) is 5.92 Å². The van der Waals surface area contributed by atoms with Gasteiger partial charge < -0.3 is 9.84 Å². The van der Waals surface area contributed by atoms with Gasteiger partial charge in [-0.05, 0) is 37.0 Å². The van der Waals surface area contributed by atoms with Crippen molar-refractivity contribution in [2.75, 3.05) is 6.61 Å². The van der Waals surface area contributed by atoms with Gasteiger partial charge in [-0.3, -0.25) is 4.79 Å². The number of carbonyl (C=O) groups excluding carboxylic acids is 2. The average molecular weight is 234 g/mol. The number of hydrogen-bond donors (Lipinski definition) is 0. The number of esters is 1. The van der Waals surface area contributed by atoms with Crippen molar-refractivity contribution in [1.29, 1.82) is 0 Å². The molecule has 0 aromatic rings. The molecule has 2 fully saturated rings. The number of carbonyl (C=O) groups is 2. The van der Waals surface area contributed by atoms with Crippen LogP contribution in [0.2, 0.25) is 0 Å². The Bertz CT molecular complexity index is 334. The number of fused-ring (bicyclic) bond motifs is 1. The van der Waals surface area contributed by atoms with Crippen LogP contribution in [0.4, 0.5) is 0 Å². The van der Waals surface area contributed by atoms with Crippen molar-refractivity contribution < 1.29 is 70.8 Å². The maximum absolute atomic E-state index is 11.4. The Morgan fingerprint density at radius 3 is 2.73 bits per heavy atom. The fourth-order valence-electron chi connectivity index (χ4n) is 1.91. The molecule has 0 aromatic carbocycles. The molecule has 0 unspecified atom stereocenters. The first-order chi connectivity index (χ1) is 6.65. The van der Waals surface area contributed by atoms with Gasteiger partial charge in [-0.25, -0.2) is 4.79 Å². The second-order valence-corrected chi connectivity index (χ2v) is 3.70. The third-order valence-electron chi connectivity index (χ3n) is 2.76. The summed E-state index contributed by atoms with van der Waals surface area (Å²) in [7, 11) is 0. The van der Waals surface area contributed by atoms with E-state index in [2.05, 4.69) is 4.74 Å². The number of rotatable bonds is 2. The minimum absolute atomic E-state index is 0. The van der Waals surface area contributed by atoms with E-state index in [0.29, 0.717) is 12.3 Å². The van der Waals surface area contributed by atoms with Gasteiger partial charge in [0.15, 0.2) is 5.78 Å². The van der Waals surface area contributed by atoms with Gasteiger partial charge in [-0.2, -0.15) is 0 Å². The Kier molecular flexibility index (Phi) is 4.55. The van der Waals surface area contributed by atoms with Gasteiger partial charge in [0.05, 0.1) is 6.61 Å². The molecule has 0 radical (unpaired) electrons. The predicted octanol–water partition coefficient (Wildman–Crippen LogP) is -3.22. The van der Waals surface area contributed by atoms with Crippen LogP contribution >= 0.6 is 0 Å². The minimum atomic E-state index is -0.892. The van der Waals surface area contributed by atoms with E-state index in [1.54, 1.807) is 6.92 Å². The first-order valence-electron chi connectivity index (χ1n) is 4.76. The molecule has 0 N–H and O–H groups in total. The van der Waals surface area contributed by atoms with Crippen LogP contribution in [0, 0.1) is 11.8 Å². The predicted molar refractivity (Wildman–Crippen MR) is 44.9 cm³/mol. The standard InChI is InChI=1S/C10H12O4.K/c1-2-14-10(13)9(12)7-4-5-3-6(5)8(7)11;/h5-6,12H,2-4H2,1H3;/q;+1/p-1/t5-,6-;/m1./s1. The number of Topliss-reactive ketones (excluding diaryl/α,β-unsaturated/α-hetero) is 1. The van der Waals surface area contributed by atoms with Crippen molar-refractivity contribution in [3.8, 4) is 0 Å². The van der Waals surface area contributed by atoms with Crippen molar-refractivity contribution in [3.05, 3.63) is 11.3 Å². The summed E-state index contributed by atoms with van der Waals surface area (Å²) >= 11 is 0. The third kappa shape index (κ3) is 2.53. The quantitative estimate of drug-likeness (QED) is 0.218. The van der Waals surface area contributed by atoms with Gasteiger partial charge in [-0.1, -0.05) is 0 Å². The van der Waals surface area contributed by atoms with Crippen LogP contribution < -0.4 is 56.5 Å². The smallest absolute Gasteiger partial charge is 0.867 e. The van der Waals surface area contributed by atoms with E-state index >= 15 is 0 Å². The van der Waals surface area contributed by atoms with E-state index in [9.17, 15) is 14.7 Å². The molecule has 0 aromatic heterocycles. The van der Waals surface area contributed by atoms with Gasteiger partial charge in [0.1, 0.15) is 0 Å². The fraction of sp³-hybridized carbons (Fsp3) is 0.600. The van der Waals surface area contributed by atoms with Gasteiger partial charge in [0.2, 0.25) is 0 Å². The van der Waals surface area contributed by atoms with Crippen LogP contribution in [-0.2, 0) is 14.3 Å². The van der Waals surface area contributed by atoms with Crippen LogP contribution in [0.25, 0.3) is 0 Å². The summed E-state index contributed by atoms with van der Waals surface area (Å²) in [5.41, 5.74) is 0.157. The molecule has 76 valence electrons. The van der Waals surface area contributed by atoms with Crippen LogP contribution in [0.15, 0.2) is 11.3 Å². The number of ketones is 1. The van der Waals surface area contributed by atoms with Crippen molar-refractivity contribution in [2.24, 2.45) is 11.8 Å². The molecular weight excluding hydrogens is 223 g/mol. The largest absolute Gasteiger partial charge is 1.00 e. The molecule has 0 saturated heterocycles. The molecule has 15 heavy (non-hydrogen) atoms. The molecule has 0 spiro atoms. The molecule has 4 nitrogen and oxygen atoms in total. The summed E-state index contributed by atoms with van der Waals surface area (Å²) < 4.78 is 4.55. The second kappa shape index (κ2) is 5.10. The summed E-state index contributed by atoms with van der Waals surface area (Å²) in [5.74, 6) is -1.39. The summed E-state index contributed by atoms with van der Waals surface area (Å²) in [4.78, 5) is 22.5. The summed E-state index contributed by atoms with van der Waals surface area (Å²) in [6, 6.07) is 0. The van der Waals surface area contributed by atoms with E-state index in [0.717, 1.165) is 6.42 Å². The molecular formula is C10H11KO4. The van der Waals surface area contributed by atoms with Crippen LogP contribution in [0.5, 0.6) is 0 Å². The van der Waals surface area contributed by atoms with Gasteiger partial charge >= 0.3 is 57.4 Å². The Hall–Kier alpha value is 0.316. The third-order valence-corrected chi connectivity index (χ3v) is 2.76. The molecule has 0 bridgehead atoms. The van der Waals surface area contributed by atoms with Crippen molar-refractivity contribution >= 4 is 11.8 Å². The average Bonchev–Trinajstić information content (AvgIpc) is 2.86. The zero-order chi connectivity index (χ0) is 10.3. The molecule has 2 atom stereocenters. The normalized spacial score (nSPS) is 30.3. The Balaban J connectivity index is 0.00000112. The molecule has 0 amide bonds. The minimum Gasteiger partial charge on any atom is -0.867 e. The number of ether oxygens (including phenoxy) is 1. The van der Waals surface area contributed by atoms with Crippen molar-refractivity contribution in [2.45, 2.75) is 19.8 Å². The fourth-order valence-corrected chi connectivity index (χ4v) is 1.91. The molecule has 0 aliphatic heterocycles. The van der Waals surface area contributed by atoms with E-state index in [-0.39, 0.29) is 75.3 Å². The molecule has 5 heteroatoms. The summed E-state index contributed by atoms with van der Waals surface area (Å²) in [5, 5.41) is 11.4. The molecule has 2 aliphatic rings. The zero-order valence-electron chi connectivity index (χ0n) is 8.91. The summed E-state index contributed by atoms with van der Waals surface area (Å²) in [6.07, 6.45) is 1.36. The Morgan fingerprint density at radius 1 is 1.60 bits per heavy atom. The maximum atomic E-state index is 11.4. The zero-order valence-corrected chi connectivity index (χ0v) is 12.0. The van der Waals surface area contributed by atoms with E-state index in [1.165, 1.54) is 0 Å². The Labute approximate surface area is 130 Å². The van der Waals surface area contributed by atoms with Crippen LogP contribution in [0.3, 0.4) is 0 Å². The molecule has 2 aliphatic carbocycles. The second-order valence-electron chi connectivity index (χ2n) is 3.70. The molecule has 0 heterocycles. The molecule has 2 rings (SSSR count). The Morgan fingerprint density at radius 2 is 2.27 bits per heavy atom. The van der Waals surface area contributed by atoms with E-state index in [4.69, 9.17) is 0 Å². The number of allylic oxidation sites excluding steroid dienone is 1. The first kappa shape index (κ1) is 13.4. The number of hydrogen-bond acceptors (Lipinski definition) is 4. The summed E-state index contributed by atoms with van der Waals surface area (Å²) in [6.45, 7) is 1.79. The SMILES string of the molecule is CCOC(=O)C([O-])=C1C[C@H]2C[C@H]2C1=O.[K+].